The van der Waals surface area contributed by atoms with Crippen LogP contribution in [-0.2, 0) is 20.7 Å². The van der Waals surface area contributed by atoms with Crippen molar-refractivity contribution in [1.82, 2.24) is 4.90 Å². The number of amides is 1. The summed E-state index contributed by atoms with van der Waals surface area (Å²) in [6, 6.07) is 11.7. The Hall–Kier alpha value is -2.48. The Kier molecular flexibility index (Phi) is 11.6. The third-order valence-corrected chi connectivity index (χ3v) is 8.60. The number of hydrogen-bond acceptors (Lipinski definition) is 6. The number of carbonyl (C=O) groups excluding carboxylic acids is 2. The molecule has 41 heavy (non-hydrogen) atoms. The van der Waals surface area contributed by atoms with Crippen molar-refractivity contribution in [3.8, 4) is 5.75 Å². The number of unbranched alkanes of at least 4 members (excludes halogenated alkanes) is 2. The molecular formula is C32H43Cl2N3O4. The molecule has 2 aromatic rings. The number of carbonyl (C=O) groups is 2. The summed E-state index contributed by atoms with van der Waals surface area (Å²) < 4.78 is 12.0. The molecule has 0 spiro atoms. The van der Waals surface area contributed by atoms with E-state index in [0.717, 1.165) is 81.1 Å². The predicted octanol–water partition coefficient (Wildman–Crippen LogP) is 6.97. The van der Waals surface area contributed by atoms with Gasteiger partial charge in [-0.2, -0.15) is 0 Å². The first-order valence-electron chi connectivity index (χ1n) is 15.0. The van der Waals surface area contributed by atoms with Gasteiger partial charge < -0.3 is 14.4 Å². The van der Waals surface area contributed by atoms with Gasteiger partial charge in [-0.3, -0.25) is 19.4 Å². The number of fused-ring (bicyclic) bond motifs is 1. The van der Waals surface area contributed by atoms with Crippen LogP contribution in [0.2, 0.25) is 10.0 Å². The molecule has 0 radical (unpaired) electrons. The smallest absolute Gasteiger partial charge is 0.307 e. The van der Waals surface area contributed by atoms with E-state index in [4.69, 9.17) is 32.7 Å². The Morgan fingerprint density at radius 2 is 1.76 bits per heavy atom. The summed E-state index contributed by atoms with van der Waals surface area (Å²) >= 11 is 12.6. The third-order valence-electron chi connectivity index (χ3n) is 7.79. The lowest BCUT2D eigenvalue weighted by atomic mass is 9.98. The Balaban J connectivity index is 1.27. The normalized spacial score (nSPS) is 16.6. The Morgan fingerprint density at radius 3 is 2.49 bits per heavy atom. The number of nitrogens with zero attached hydrogens (tertiary/aromatic N) is 3. The molecule has 2 aliphatic heterocycles. The molecule has 7 nitrogen and oxygen atoms in total. The Bertz CT molecular complexity index is 1180. The van der Waals surface area contributed by atoms with E-state index in [-0.39, 0.29) is 17.8 Å². The van der Waals surface area contributed by atoms with E-state index in [9.17, 15) is 9.59 Å². The number of halogens is 2. The quantitative estimate of drug-likeness (QED) is 0.182. The van der Waals surface area contributed by atoms with Gasteiger partial charge in [-0.05, 0) is 56.0 Å². The zero-order chi connectivity index (χ0) is 29.4. The maximum Gasteiger partial charge on any atom is 0.307 e. The molecular weight excluding hydrogens is 561 g/mol. The van der Waals surface area contributed by atoms with Crippen LogP contribution in [-0.4, -0.2) is 62.3 Å². The van der Waals surface area contributed by atoms with Crippen molar-refractivity contribution >= 4 is 46.5 Å². The van der Waals surface area contributed by atoms with Gasteiger partial charge in [0.05, 0.1) is 28.0 Å². The molecule has 0 N–H and O–H groups in total. The van der Waals surface area contributed by atoms with E-state index in [1.54, 1.807) is 4.90 Å². The monoisotopic (exact) mass is 603 g/mol. The molecule has 224 valence electrons. The van der Waals surface area contributed by atoms with E-state index in [1.165, 1.54) is 0 Å². The van der Waals surface area contributed by atoms with Crippen molar-refractivity contribution in [3.05, 3.63) is 52.0 Å². The molecule has 0 saturated carbocycles. The first-order chi connectivity index (χ1) is 19.8. The lowest BCUT2D eigenvalue weighted by molar-refractivity contribution is -0.152. The number of anilines is 2. The topological polar surface area (TPSA) is 62.3 Å². The molecule has 1 unspecified atom stereocenters. The number of benzene rings is 2. The molecule has 2 aliphatic rings. The van der Waals surface area contributed by atoms with Crippen LogP contribution < -0.4 is 14.5 Å². The fourth-order valence-corrected chi connectivity index (χ4v) is 5.84. The van der Waals surface area contributed by atoms with Gasteiger partial charge in [-0.25, -0.2) is 0 Å². The maximum atomic E-state index is 13.1. The summed E-state index contributed by atoms with van der Waals surface area (Å²) in [5.74, 6) is 0.418. The standard InChI is InChI=1S/C32H43Cl2N3O4/c1-4-5-11-30(39)41-32(23(2)3)37-28-22-25(14-12-24(28)13-15-29(37)38)40-21-7-6-16-35-17-19-36(20-18-35)27-10-8-9-26(33)31(27)34/h8-10,12,14,22-23,32H,4-7,11,13,15-21H2,1-3H3. The van der Waals surface area contributed by atoms with Gasteiger partial charge in [0.2, 0.25) is 5.91 Å². The summed E-state index contributed by atoms with van der Waals surface area (Å²) in [7, 11) is 0. The van der Waals surface area contributed by atoms with Gasteiger partial charge in [0.1, 0.15) is 5.75 Å². The average molecular weight is 605 g/mol. The zero-order valence-electron chi connectivity index (χ0n) is 24.5. The molecule has 0 aromatic heterocycles. The lowest BCUT2D eigenvalue weighted by Gasteiger charge is -2.37. The molecule has 1 fully saturated rings. The minimum absolute atomic E-state index is 0.0191. The average Bonchev–Trinajstić information content (AvgIpc) is 2.96. The van der Waals surface area contributed by atoms with Crippen LogP contribution in [0.1, 0.15) is 64.9 Å². The molecule has 4 rings (SSSR count). The molecule has 0 aliphatic carbocycles. The largest absolute Gasteiger partial charge is 0.494 e. The second kappa shape index (κ2) is 15.1. The molecule has 1 atom stereocenters. The van der Waals surface area contributed by atoms with E-state index >= 15 is 0 Å². The number of piperazine rings is 1. The number of esters is 1. The van der Waals surface area contributed by atoms with Crippen molar-refractivity contribution in [2.24, 2.45) is 5.92 Å². The fourth-order valence-electron chi connectivity index (χ4n) is 5.42. The fraction of sp³-hybridized carbons (Fsp3) is 0.562. The molecule has 1 saturated heterocycles. The summed E-state index contributed by atoms with van der Waals surface area (Å²) in [6.45, 7) is 11.4. The van der Waals surface area contributed by atoms with Gasteiger partial charge in [-0.1, -0.05) is 62.5 Å². The summed E-state index contributed by atoms with van der Waals surface area (Å²) in [5.41, 5.74) is 2.87. The predicted molar refractivity (Wildman–Crippen MR) is 166 cm³/mol. The minimum atomic E-state index is -0.628. The number of hydrogen-bond donors (Lipinski definition) is 0. The highest BCUT2D eigenvalue weighted by Crippen LogP contribution is 2.35. The molecule has 0 bridgehead atoms. The van der Waals surface area contributed by atoms with E-state index < -0.39 is 6.23 Å². The second-order valence-corrected chi connectivity index (χ2v) is 12.0. The van der Waals surface area contributed by atoms with Crippen LogP contribution in [0.15, 0.2) is 36.4 Å². The Labute approximate surface area is 254 Å². The van der Waals surface area contributed by atoms with Crippen LogP contribution >= 0.6 is 23.2 Å². The van der Waals surface area contributed by atoms with Crippen LogP contribution in [0.3, 0.4) is 0 Å². The van der Waals surface area contributed by atoms with Crippen LogP contribution in [0, 0.1) is 5.92 Å². The van der Waals surface area contributed by atoms with Crippen LogP contribution in [0.25, 0.3) is 0 Å². The van der Waals surface area contributed by atoms with Crippen molar-refractivity contribution in [2.75, 3.05) is 49.1 Å². The number of rotatable bonds is 13. The molecule has 2 heterocycles. The molecule has 1 amide bonds. The van der Waals surface area contributed by atoms with Crippen LogP contribution in [0.4, 0.5) is 11.4 Å². The molecule has 2 aromatic carbocycles. The SMILES string of the molecule is CCCCC(=O)OC(C(C)C)N1C(=O)CCc2ccc(OCCCCN3CCN(c4cccc(Cl)c4Cl)CC3)cc21. The van der Waals surface area contributed by atoms with Crippen molar-refractivity contribution < 1.29 is 19.1 Å². The Morgan fingerprint density at radius 1 is 0.976 bits per heavy atom. The zero-order valence-corrected chi connectivity index (χ0v) is 26.1. The van der Waals surface area contributed by atoms with Crippen molar-refractivity contribution in [3.63, 3.8) is 0 Å². The highest BCUT2D eigenvalue weighted by Gasteiger charge is 2.35. The highest BCUT2D eigenvalue weighted by atomic mass is 35.5. The number of aryl methyl sites for hydroxylation is 1. The first kappa shape index (κ1) is 31.5. The second-order valence-electron chi connectivity index (χ2n) is 11.2. The van der Waals surface area contributed by atoms with Gasteiger partial charge >= 0.3 is 5.97 Å². The van der Waals surface area contributed by atoms with E-state index in [1.807, 2.05) is 57.2 Å². The van der Waals surface area contributed by atoms with Gasteiger partial charge in [0.15, 0.2) is 6.23 Å². The summed E-state index contributed by atoms with van der Waals surface area (Å²) in [6.07, 6.45) is 4.49. The van der Waals surface area contributed by atoms with E-state index in [0.29, 0.717) is 35.9 Å². The minimum Gasteiger partial charge on any atom is -0.494 e. The van der Waals surface area contributed by atoms with Crippen molar-refractivity contribution in [2.45, 2.75) is 71.9 Å². The molecule has 9 heteroatoms. The maximum absolute atomic E-state index is 13.1. The number of ether oxygens (including phenoxy) is 2. The van der Waals surface area contributed by atoms with Gasteiger partial charge in [0.25, 0.3) is 0 Å². The van der Waals surface area contributed by atoms with Gasteiger partial charge in [0, 0.05) is 51.0 Å². The third kappa shape index (κ3) is 8.30. The van der Waals surface area contributed by atoms with Gasteiger partial charge in [-0.15, -0.1) is 0 Å². The van der Waals surface area contributed by atoms with E-state index in [2.05, 4.69) is 9.80 Å². The van der Waals surface area contributed by atoms with Crippen LogP contribution in [0.5, 0.6) is 5.75 Å². The highest BCUT2D eigenvalue weighted by molar-refractivity contribution is 6.43. The first-order valence-corrected chi connectivity index (χ1v) is 15.7. The lowest BCUT2D eigenvalue weighted by Crippen LogP contribution is -2.48. The van der Waals surface area contributed by atoms with Crippen molar-refractivity contribution in [1.29, 1.82) is 0 Å². The summed E-state index contributed by atoms with van der Waals surface area (Å²) in [5, 5.41) is 1.22. The summed E-state index contributed by atoms with van der Waals surface area (Å²) in [4.78, 5) is 32.0.